The van der Waals surface area contributed by atoms with Crippen molar-refractivity contribution < 1.29 is 9.59 Å². The molecular formula is C14H17IN2O2. The summed E-state index contributed by atoms with van der Waals surface area (Å²) >= 11 is 2.20. The number of nitrogens with zero attached hydrogens (tertiary/aromatic N) is 1. The summed E-state index contributed by atoms with van der Waals surface area (Å²) in [6, 6.07) is 7.39. The Kier molecular flexibility index (Phi) is 5.18. The molecule has 0 bridgehead atoms. The third-order valence-electron chi connectivity index (χ3n) is 3.19. The maximum absolute atomic E-state index is 12.0. The summed E-state index contributed by atoms with van der Waals surface area (Å²) in [7, 11) is 0. The summed E-state index contributed by atoms with van der Waals surface area (Å²) in [6.45, 7) is 1.39. The van der Waals surface area contributed by atoms with E-state index in [0.29, 0.717) is 18.8 Å². The molecule has 0 aromatic heterocycles. The molecule has 1 fully saturated rings. The Labute approximate surface area is 126 Å². The lowest BCUT2D eigenvalue weighted by atomic mass is 10.2. The zero-order chi connectivity index (χ0) is 13.7. The predicted octanol–water partition coefficient (Wildman–Crippen LogP) is 2.63. The van der Waals surface area contributed by atoms with E-state index in [1.54, 1.807) is 17.0 Å². The van der Waals surface area contributed by atoms with Gasteiger partial charge in [0.2, 0.25) is 0 Å². The molecule has 1 N–H and O–H groups in total. The fraction of sp³-hybridized carbons (Fsp3) is 0.429. The van der Waals surface area contributed by atoms with Crippen LogP contribution in [0.5, 0.6) is 0 Å². The number of anilines is 1. The van der Waals surface area contributed by atoms with E-state index in [1.165, 1.54) is 0 Å². The number of amides is 2. The molecule has 1 aliphatic rings. The zero-order valence-electron chi connectivity index (χ0n) is 10.7. The molecular weight excluding hydrogens is 355 g/mol. The van der Waals surface area contributed by atoms with Gasteiger partial charge in [0.25, 0.3) is 0 Å². The molecule has 0 radical (unpaired) electrons. The minimum absolute atomic E-state index is 0.416. The number of carbonyl (C=O) groups excluding carboxylic acids is 2. The van der Waals surface area contributed by atoms with E-state index in [4.69, 9.17) is 0 Å². The average molecular weight is 372 g/mol. The number of rotatable bonds is 1. The van der Waals surface area contributed by atoms with Crippen molar-refractivity contribution in [2.24, 2.45) is 0 Å². The highest BCUT2D eigenvalue weighted by Gasteiger charge is 2.22. The van der Waals surface area contributed by atoms with Crippen LogP contribution in [0.2, 0.25) is 0 Å². The molecule has 1 saturated heterocycles. The molecule has 1 aromatic rings. The lowest BCUT2D eigenvalue weighted by Crippen LogP contribution is -2.40. The highest BCUT2D eigenvalue weighted by molar-refractivity contribution is 14.1. The first-order chi connectivity index (χ1) is 9.16. The molecule has 0 spiro atoms. The van der Waals surface area contributed by atoms with Crippen molar-refractivity contribution in [1.29, 1.82) is 0 Å². The first-order valence-corrected chi connectivity index (χ1v) is 7.60. The van der Waals surface area contributed by atoms with Gasteiger partial charge in [-0.1, -0.05) is 12.8 Å². The van der Waals surface area contributed by atoms with Crippen LogP contribution in [0.1, 0.15) is 25.7 Å². The first-order valence-electron chi connectivity index (χ1n) is 6.52. The molecule has 0 atom stereocenters. The van der Waals surface area contributed by atoms with Crippen LogP contribution in [0.15, 0.2) is 24.3 Å². The number of halogens is 1. The van der Waals surface area contributed by atoms with Gasteiger partial charge >= 0.3 is 11.8 Å². The maximum Gasteiger partial charge on any atom is 0.313 e. The van der Waals surface area contributed by atoms with Gasteiger partial charge in [-0.15, -0.1) is 0 Å². The van der Waals surface area contributed by atoms with E-state index < -0.39 is 11.8 Å². The van der Waals surface area contributed by atoms with E-state index in [2.05, 4.69) is 27.9 Å². The predicted molar refractivity (Wildman–Crippen MR) is 82.8 cm³/mol. The molecule has 0 unspecified atom stereocenters. The molecule has 2 amide bonds. The van der Waals surface area contributed by atoms with Crippen LogP contribution in [0.3, 0.4) is 0 Å². The highest BCUT2D eigenvalue weighted by atomic mass is 127. The summed E-state index contributed by atoms with van der Waals surface area (Å²) in [5, 5.41) is 2.65. The molecule has 102 valence electrons. The molecule has 19 heavy (non-hydrogen) atoms. The number of carbonyl (C=O) groups is 2. The highest BCUT2D eigenvalue weighted by Crippen LogP contribution is 2.13. The van der Waals surface area contributed by atoms with Crippen LogP contribution < -0.4 is 5.32 Å². The van der Waals surface area contributed by atoms with E-state index in [9.17, 15) is 9.59 Å². The Balaban J connectivity index is 1.94. The molecule has 4 nitrogen and oxygen atoms in total. The number of likely N-dealkylation sites (tertiary alicyclic amines) is 1. The lowest BCUT2D eigenvalue weighted by Gasteiger charge is -2.19. The number of hydrogen-bond donors (Lipinski definition) is 1. The van der Waals surface area contributed by atoms with Gasteiger partial charge in [-0.2, -0.15) is 0 Å². The lowest BCUT2D eigenvalue weighted by molar-refractivity contribution is -0.143. The third-order valence-corrected chi connectivity index (χ3v) is 3.91. The molecule has 0 saturated carbocycles. The fourth-order valence-electron chi connectivity index (χ4n) is 2.14. The van der Waals surface area contributed by atoms with Crippen molar-refractivity contribution in [2.45, 2.75) is 25.7 Å². The van der Waals surface area contributed by atoms with Gasteiger partial charge in [0.1, 0.15) is 0 Å². The monoisotopic (exact) mass is 372 g/mol. The van der Waals surface area contributed by atoms with Crippen molar-refractivity contribution >= 4 is 40.1 Å². The molecule has 5 heteroatoms. The zero-order valence-corrected chi connectivity index (χ0v) is 12.9. The second-order valence-corrected chi connectivity index (χ2v) is 5.91. The fourth-order valence-corrected chi connectivity index (χ4v) is 2.49. The normalized spacial score (nSPS) is 15.7. The van der Waals surface area contributed by atoms with Gasteiger partial charge in [0.05, 0.1) is 0 Å². The molecule has 1 aliphatic heterocycles. The summed E-state index contributed by atoms with van der Waals surface area (Å²) in [5.74, 6) is -0.955. The minimum atomic E-state index is -0.539. The topological polar surface area (TPSA) is 49.4 Å². The van der Waals surface area contributed by atoms with Crippen molar-refractivity contribution in [3.63, 3.8) is 0 Å². The minimum Gasteiger partial charge on any atom is -0.334 e. The Bertz CT molecular complexity index is 451. The van der Waals surface area contributed by atoms with Gasteiger partial charge in [-0.25, -0.2) is 0 Å². The SMILES string of the molecule is O=C(Nc1ccc(I)cc1)C(=O)N1CCCCCC1. The Morgan fingerprint density at radius 2 is 1.58 bits per heavy atom. The van der Waals surface area contributed by atoms with Gasteiger partial charge in [0, 0.05) is 22.3 Å². The van der Waals surface area contributed by atoms with Crippen molar-refractivity contribution in [3.8, 4) is 0 Å². The Morgan fingerprint density at radius 1 is 1.00 bits per heavy atom. The van der Waals surface area contributed by atoms with E-state index in [0.717, 1.165) is 29.3 Å². The van der Waals surface area contributed by atoms with Crippen LogP contribution in [-0.4, -0.2) is 29.8 Å². The Morgan fingerprint density at radius 3 is 2.16 bits per heavy atom. The standard InChI is InChI=1S/C14H17IN2O2/c15-11-5-7-12(8-6-11)16-13(18)14(19)17-9-3-1-2-4-10-17/h5-8H,1-4,9-10H2,(H,16,18). The number of hydrogen-bond acceptors (Lipinski definition) is 2. The van der Waals surface area contributed by atoms with Crippen molar-refractivity contribution in [1.82, 2.24) is 4.90 Å². The van der Waals surface area contributed by atoms with Gasteiger partial charge in [0.15, 0.2) is 0 Å². The summed E-state index contributed by atoms with van der Waals surface area (Å²) in [4.78, 5) is 25.6. The summed E-state index contributed by atoms with van der Waals surface area (Å²) in [5.41, 5.74) is 0.661. The quantitative estimate of drug-likeness (QED) is 0.609. The van der Waals surface area contributed by atoms with Gasteiger partial charge < -0.3 is 10.2 Å². The number of benzene rings is 1. The second kappa shape index (κ2) is 6.88. The summed E-state index contributed by atoms with van der Waals surface area (Å²) < 4.78 is 1.09. The van der Waals surface area contributed by atoms with Crippen LogP contribution in [0, 0.1) is 3.57 Å². The van der Waals surface area contributed by atoms with Crippen molar-refractivity contribution in [3.05, 3.63) is 27.8 Å². The van der Waals surface area contributed by atoms with Crippen LogP contribution in [-0.2, 0) is 9.59 Å². The second-order valence-electron chi connectivity index (χ2n) is 4.67. The van der Waals surface area contributed by atoms with Crippen LogP contribution >= 0.6 is 22.6 Å². The van der Waals surface area contributed by atoms with Crippen LogP contribution in [0.25, 0.3) is 0 Å². The van der Waals surface area contributed by atoms with Crippen molar-refractivity contribution in [2.75, 3.05) is 18.4 Å². The largest absolute Gasteiger partial charge is 0.334 e. The van der Waals surface area contributed by atoms with Crippen LogP contribution in [0.4, 0.5) is 5.69 Å². The first kappa shape index (κ1) is 14.3. The smallest absolute Gasteiger partial charge is 0.313 e. The Hall–Kier alpha value is -1.11. The average Bonchev–Trinajstić information content (AvgIpc) is 2.69. The molecule has 2 rings (SSSR count). The third kappa shape index (κ3) is 4.19. The molecule has 0 aliphatic carbocycles. The van der Waals surface area contributed by atoms with E-state index in [1.807, 2.05) is 12.1 Å². The maximum atomic E-state index is 12.0. The van der Waals surface area contributed by atoms with E-state index in [-0.39, 0.29) is 0 Å². The molecule has 1 heterocycles. The van der Waals surface area contributed by atoms with Gasteiger partial charge in [-0.3, -0.25) is 9.59 Å². The molecule has 1 aromatic carbocycles. The summed E-state index contributed by atoms with van der Waals surface area (Å²) in [6.07, 6.45) is 4.26. The van der Waals surface area contributed by atoms with E-state index >= 15 is 0 Å². The van der Waals surface area contributed by atoms with Gasteiger partial charge in [-0.05, 0) is 59.7 Å². The number of nitrogens with one attached hydrogen (secondary N) is 1.